The molecule has 0 bridgehead atoms. The number of carbonyl (C=O) groups excluding carboxylic acids is 1. The van der Waals surface area contributed by atoms with Crippen molar-refractivity contribution in [3.05, 3.63) is 34.2 Å². The topological polar surface area (TPSA) is 56.3 Å². The Morgan fingerprint density at radius 1 is 1.50 bits per heavy atom. The maximum absolute atomic E-state index is 13.7. The molecule has 0 fully saturated rings. The molecule has 0 atom stereocenters. The second kappa shape index (κ2) is 5.07. The Morgan fingerprint density at radius 2 is 2.22 bits per heavy atom. The number of aliphatic hydroxyl groups is 1. The number of fused-ring (bicyclic) bond motifs is 1. The molecule has 0 aliphatic heterocycles. The summed E-state index contributed by atoms with van der Waals surface area (Å²) in [5, 5.41) is 9.16. The van der Waals surface area contributed by atoms with Crippen molar-refractivity contribution in [3.63, 3.8) is 0 Å². The zero-order valence-corrected chi connectivity index (χ0v) is 11.3. The van der Waals surface area contributed by atoms with Gasteiger partial charge in [-0.15, -0.1) is 0 Å². The lowest BCUT2D eigenvalue weighted by Gasteiger charge is -2.13. The standard InChI is InChI=1S/C12H12BrFN2O2/c1-16(2-3-17)12(18)11-6-8-9(14)4-7(13)5-10(8)15-11/h4-6,15,17H,2-3H2,1H3. The second-order valence-corrected chi connectivity index (χ2v) is 4.90. The van der Waals surface area contributed by atoms with Gasteiger partial charge in [0, 0.05) is 23.5 Å². The van der Waals surface area contributed by atoms with E-state index in [0.717, 1.165) is 0 Å². The fraction of sp³-hybridized carbons (Fsp3) is 0.250. The van der Waals surface area contributed by atoms with E-state index in [0.29, 0.717) is 21.1 Å². The maximum Gasteiger partial charge on any atom is 0.270 e. The van der Waals surface area contributed by atoms with Gasteiger partial charge in [0.15, 0.2) is 0 Å². The number of nitrogens with zero attached hydrogens (tertiary/aromatic N) is 1. The van der Waals surface area contributed by atoms with E-state index < -0.39 is 0 Å². The molecule has 2 aromatic rings. The van der Waals surface area contributed by atoms with E-state index in [-0.39, 0.29) is 24.9 Å². The highest BCUT2D eigenvalue weighted by Gasteiger charge is 2.15. The summed E-state index contributed by atoms with van der Waals surface area (Å²) in [4.78, 5) is 16.2. The molecule has 0 radical (unpaired) electrons. The molecule has 0 saturated carbocycles. The van der Waals surface area contributed by atoms with Gasteiger partial charge < -0.3 is 15.0 Å². The third-order valence-corrected chi connectivity index (χ3v) is 3.12. The number of rotatable bonds is 3. The second-order valence-electron chi connectivity index (χ2n) is 3.98. The average Bonchev–Trinajstić information content (AvgIpc) is 2.72. The van der Waals surface area contributed by atoms with Crippen LogP contribution in [0.3, 0.4) is 0 Å². The Hall–Kier alpha value is -1.40. The molecule has 0 unspecified atom stereocenters. The Balaban J connectivity index is 2.41. The normalized spacial score (nSPS) is 10.9. The number of hydrogen-bond donors (Lipinski definition) is 2. The summed E-state index contributed by atoms with van der Waals surface area (Å²) < 4.78 is 14.3. The molecule has 1 heterocycles. The van der Waals surface area contributed by atoms with E-state index in [9.17, 15) is 9.18 Å². The van der Waals surface area contributed by atoms with Gasteiger partial charge in [-0.2, -0.15) is 0 Å². The Labute approximate surface area is 112 Å². The molecule has 18 heavy (non-hydrogen) atoms. The zero-order valence-electron chi connectivity index (χ0n) is 9.70. The predicted molar refractivity (Wildman–Crippen MR) is 70.0 cm³/mol. The number of aliphatic hydroxyl groups excluding tert-OH is 1. The van der Waals surface area contributed by atoms with Gasteiger partial charge in [0.05, 0.1) is 12.1 Å². The van der Waals surface area contributed by atoms with E-state index in [2.05, 4.69) is 20.9 Å². The third-order valence-electron chi connectivity index (χ3n) is 2.66. The van der Waals surface area contributed by atoms with Gasteiger partial charge in [0.2, 0.25) is 0 Å². The molecule has 0 aliphatic carbocycles. The Bertz CT molecular complexity index is 597. The van der Waals surface area contributed by atoms with E-state index in [1.165, 1.54) is 17.0 Å². The first-order valence-electron chi connectivity index (χ1n) is 5.37. The summed E-state index contributed by atoms with van der Waals surface area (Å²) in [5.41, 5.74) is 0.862. The largest absolute Gasteiger partial charge is 0.395 e. The van der Waals surface area contributed by atoms with Gasteiger partial charge in [0.25, 0.3) is 5.91 Å². The highest BCUT2D eigenvalue weighted by atomic mass is 79.9. The minimum Gasteiger partial charge on any atom is -0.395 e. The molecule has 2 N–H and O–H groups in total. The van der Waals surface area contributed by atoms with Gasteiger partial charge in [-0.05, 0) is 18.2 Å². The van der Waals surface area contributed by atoms with E-state index in [4.69, 9.17) is 5.11 Å². The number of nitrogens with one attached hydrogen (secondary N) is 1. The molecule has 1 aromatic heterocycles. The molecule has 1 aromatic carbocycles. The quantitative estimate of drug-likeness (QED) is 0.912. The van der Waals surface area contributed by atoms with Gasteiger partial charge in [-0.25, -0.2) is 4.39 Å². The SMILES string of the molecule is CN(CCO)C(=O)c1cc2c(F)cc(Br)cc2[nH]1. The lowest BCUT2D eigenvalue weighted by molar-refractivity contribution is 0.0762. The first-order chi connectivity index (χ1) is 8.52. The highest BCUT2D eigenvalue weighted by Crippen LogP contribution is 2.24. The predicted octanol–water partition coefficient (Wildman–Crippen LogP) is 2.13. The van der Waals surface area contributed by atoms with Crippen molar-refractivity contribution in [2.24, 2.45) is 0 Å². The van der Waals surface area contributed by atoms with E-state index in [1.807, 2.05) is 0 Å². The van der Waals surface area contributed by atoms with Crippen molar-refractivity contribution in [1.82, 2.24) is 9.88 Å². The van der Waals surface area contributed by atoms with Crippen molar-refractivity contribution in [1.29, 1.82) is 0 Å². The van der Waals surface area contributed by atoms with Crippen LogP contribution in [-0.4, -0.2) is 41.1 Å². The van der Waals surface area contributed by atoms with Crippen LogP contribution < -0.4 is 0 Å². The van der Waals surface area contributed by atoms with Crippen LogP contribution in [0.1, 0.15) is 10.5 Å². The molecule has 96 valence electrons. The number of carbonyl (C=O) groups is 1. The lowest BCUT2D eigenvalue weighted by atomic mass is 10.2. The number of aromatic nitrogens is 1. The van der Waals surface area contributed by atoms with Crippen LogP contribution in [-0.2, 0) is 0 Å². The molecule has 1 amide bonds. The number of H-pyrrole nitrogens is 1. The summed E-state index contributed by atoms with van der Waals surface area (Å²) >= 11 is 3.19. The molecule has 0 spiro atoms. The van der Waals surface area contributed by atoms with Gasteiger partial charge >= 0.3 is 0 Å². The summed E-state index contributed by atoms with van der Waals surface area (Å²) in [6, 6.07) is 4.54. The van der Waals surface area contributed by atoms with Crippen LogP contribution >= 0.6 is 15.9 Å². The van der Waals surface area contributed by atoms with Crippen LogP contribution in [0.5, 0.6) is 0 Å². The fourth-order valence-corrected chi connectivity index (χ4v) is 2.16. The molecule has 2 rings (SSSR count). The first kappa shape index (κ1) is 13.0. The van der Waals surface area contributed by atoms with Crippen LogP contribution in [0.2, 0.25) is 0 Å². The summed E-state index contributed by atoms with van der Waals surface area (Å²) in [5.74, 6) is -0.671. The van der Waals surface area contributed by atoms with Crippen molar-refractivity contribution in [3.8, 4) is 0 Å². The monoisotopic (exact) mass is 314 g/mol. The molecular formula is C12H12BrFN2O2. The molecule has 0 aliphatic rings. The van der Waals surface area contributed by atoms with Gasteiger partial charge in [-0.3, -0.25) is 4.79 Å². The number of benzene rings is 1. The molecular weight excluding hydrogens is 303 g/mol. The summed E-state index contributed by atoms with van der Waals surface area (Å²) in [7, 11) is 1.58. The van der Waals surface area contributed by atoms with Crippen molar-refractivity contribution < 1.29 is 14.3 Å². The van der Waals surface area contributed by atoms with Crippen LogP contribution in [0.25, 0.3) is 10.9 Å². The third kappa shape index (κ3) is 2.39. The lowest BCUT2D eigenvalue weighted by Crippen LogP contribution is -2.29. The van der Waals surface area contributed by atoms with Gasteiger partial charge in [-0.1, -0.05) is 15.9 Å². The maximum atomic E-state index is 13.7. The van der Waals surface area contributed by atoms with Crippen molar-refractivity contribution >= 4 is 32.7 Å². The highest BCUT2D eigenvalue weighted by molar-refractivity contribution is 9.10. The van der Waals surface area contributed by atoms with Gasteiger partial charge in [0.1, 0.15) is 11.5 Å². The van der Waals surface area contributed by atoms with Crippen LogP contribution in [0.15, 0.2) is 22.7 Å². The number of hydrogen-bond acceptors (Lipinski definition) is 2. The van der Waals surface area contributed by atoms with Crippen LogP contribution in [0.4, 0.5) is 4.39 Å². The molecule has 0 saturated heterocycles. The van der Waals surface area contributed by atoms with E-state index >= 15 is 0 Å². The molecule has 6 heteroatoms. The Kier molecular flexibility index (Phi) is 3.68. The Morgan fingerprint density at radius 3 is 2.89 bits per heavy atom. The fourth-order valence-electron chi connectivity index (χ4n) is 1.73. The van der Waals surface area contributed by atoms with E-state index in [1.54, 1.807) is 13.1 Å². The minimum atomic E-state index is -0.389. The minimum absolute atomic E-state index is 0.109. The van der Waals surface area contributed by atoms with Crippen molar-refractivity contribution in [2.75, 3.05) is 20.2 Å². The average molecular weight is 315 g/mol. The number of aromatic amines is 1. The van der Waals surface area contributed by atoms with Crippen molar-refractivity contribution in [2.45, 2.75) is 0 Å². The smallest absolute Gasteiger partial charge is 0.270 e. The number of likely N-dealkylation sites (N-methyl/N-ethyl adjacent to an activating group) is 1. The summed E-state index contributed by atoms with van der Waals surface area (Å²) in [6.07, 6.45) is 0. The first-order valence-corrected chi connectivity index (χ1v) is 6.16. The summed E-state index contributed by atoms with van der Waals surface area (Å²) in [6.45, 7) is 0.128. The zero-order chi connectivity index (χ0) is 13.3. The number of halogens is 2. The van der Waals surface area contributed by atoms with Crippen LogP contribution in [0, 0.1) is 5.82 Å². The molecule has 4 nitrogen and oxygen atoms in total. The number of amides is 1.